The van der Waals surface area contributed by atoms with Gasteiger partial charge < -0.3 is 10.2 Å². The van der Waals surface area contributed by atoms with Gasteiger partial charge in [0.15, 0.2) is 0 Å². The number of aryl methyl sites for hydroxylation is 2. The van der Waals surface area contributed by atoms with Crippen molar-refractivity contribution in [1.82, 2.24) is 19.8 Å². The molecule has 0 unspecified atom stereocenters. The van der Waals surface area contributed by atoms with Gasteiger partial charge >= 0.3 is 0 Å². The lowest BCUT2D eigenvalue weighted by molar-refractivity contribution is 0.169. The molecule has 0 aliphatic carbocycles. The van der Waals surface area contributed by atoms with E-state index in [1.54, 1.807) is 26.2 Å². The quantitative estimate of drug-likeness (QED) is 0.740. The van der Waals surface area contributed by atoms with Crippen LogP contribution in [0.4, 0.5) is 0 Å². The second kappa shape index (κ2) is 13.1. The summed E-state index contributed by atoms with van der Waals surface area (Å²) in [5.41, 5.74) is 3.00. The average Bonchev–Trinajstić information content (AvgIpc) is 2.66. The Bertz CT molecular complexity index is 620. The van der Waals surface area contributed by atoms with Gasteiger partial charge in [0.1, 0.15) is 11.5 Å². The molecule has 2 rings (SSSR count). The topological polar surface area (TPSA) is 72.7 Å². The Kier molecular flexibility index (Phi) is 12.0. The van der Waals surface area contributed by atoms with Crippen LogP contribution in [0, 0.1) is 13.8 Å². The molecule has 2 aromatic rings. The number of rotatable bonds is 6. The minimum absolute atomic E-state index is 0.254. The summed E-state index contributed by atoms with van der Waals surface area (Å²) in [6.45, 7) is 13.5. The number of hydrogen-bond acceptors (Lipinski definition) is 6. The zero-order chi connectivity index (χ0) is 21.0. The van der Waals surface area contributed by atoms with E-state index in [1.165, 1.54) is 0 Å². The van der Waals surface area contributed by atoms with E-state index in [4.69, 9.17) is 0 Å². The molecule has 2 aromatic heterocycles. The molecule has 0 aromatic carbocycles. The molecule has 6 heteroatoms. The van der Waals surface area contributed by atoms with Crippen molar-refractivity contribution in [2.75, 3.05) is 20.8 Å². The van der Waals surface area contributed by atoms with Gasteiger partial charge in [-0.25, -0.2) is 0 Å². The monoisotopic (exact) mass is 376 g/mol. The van der Waals surface area contributed by atoms with Crippen molar-refractivity contribution in [3.63, 3.8) is 0 Å². The Balaban J connectivity index is 0.00000158. The molecule has 0 fully saturated rings. The molecule has 0 saturated heterocycles. The van der Waals surface area contributed by atoms with Crippen molar-refractivity contribution in [1.29, 1.82) is 0 Å². The predicted octanol–water partition coefficient (Wildman–Crippen LogP) is 4.08. The van der Waals surface area contributed by atoms with Crippen molar-refractivity contribution in [2.24, 2.45) is 0 Å². The third-order valence-corrected chi connectivity index (χ3v) is 3.74. The van der Waals surface area contributed by atoms with Crippen LogP contribution < -0.4 is 0 Å². The molecular weight excluding hydrogens is 340 g/mol. The zero-order valence-electron chi connectivity index (χ0n) is 18.1. The minimum atomic E-state index is 0.254. The lowest BCUT2D eigenvalue weighted by Gasteiger charge is -2.25. The average molecular weight is 377 g/mol. The minimum Gasteiger partial charge on any atom is -0.506 e. The molecule has 0 bridgehead atoms. The van der Waals surface area contributed by atoms with Crippen molar-refractivity contribution in [3.05, 3.63) is 47.0 Å². The molecule has 152 valence electrons. The van der Waals surface area contributed by atoms with E-state index in [0.717, 1.165) is 11.1 Å². The molecule has 2 N–H and O–H groups in total. The summed E-state index contributed by atoms with van der Waals surface area (Å²) in [6.07, 6.45) is 3.42. The van der Waals surface area contributed by atoms with E-state index in [0.29, 0.717) is 31.1 Å². The Morgan fingerprint density at radius 2 is 1.07 bits per heavy atom. The number of pyridine rings is 2. The summed E-state index contributed by atoms with van der Waals surface area (Å²) < 4.78 is 0. The number of hydrogen-bond donors (Lipinski definition) is 2. The van der Waals surface area contributed by atoms with Crippen molar-refractivity contribution in [3.8, 4) is 11.5 Å². The van der Waals surface area contributed by atoms with Crippen molar-refractivity contribution in [2.45, 2.75) is 54.6 Å². The first-order chi connectivity index (χ1) is 12.9. The van der Waals surface area contributed by atoms with E-state index >= 15 is 0 Å². The maximum absolute atomic E-state index is 10.0. The molecule has 0 aliphatic rings. The summed E-state index contributed by atoms with van der Waals surface area (Å²) in [5.74, 6) is 0.508. The first-order valence-corrected chi connectivity index (χ1v) is 9.52. The molecule has 6 nitrogen and oxygen atoms in total. The van der Waals surface area contributed by atoms with Crippen LogP contribution in [0.15, 0.2) is 24.5 Å². The lowest BCUT2D eigenvalue weighted by atomic mass is 10.2. The first-order valence-electron chi connectivity index (χ1n) is 9.52. The van der Waals surface area contributed by atoms with Crippen molar-refractivity contribution < 1.29 is 10.2 Å². The van der Waals surface area contributed by atoms with Crippen LogP contribution in [0.5, 0.6) is 11.5 Å². The van der Waals surface area contributed by atoms with E-state index in [-0.39, 0.29) is 11.5 Å². The van der Waals surface area contributed by atoms with Crippen molar-refractivity contribution >= 4 is 0 Å². The number of nitrogens with zero attached hydrogens (tertiary/aromatic N) is 4. The number of aromatic hydroxyl groups is 2. The fourth-order valence-corrected chi connectivity index (χ4v) is 2.57. The fourth-order valence-electron chi connectivity index (χ4n) is 2.57. The Hall–Kier alpha value is -2.18. The predicted molar refractivity (Wildman–Crippen MR) is 112 cm³/mol. The van der Waals surface area contributed by atoms with E-state index in [9.17, 15) is 10.2 Å². The van der Waals surface area contributed by atoms with Gasteiger partial charge in [0, 0.05) is 36.6 Å². The largest absolute Gasteiger partial charge is 0.506 e. The normalized spacial score (nSPS) is 10.1. The Morgan fingerprint density at radius 3 is 1.41 bits per heavy atom. The molecule has 0 radical (unpaired) electrons. The van der Waals surface area contributed by atoms with E-state index in [1.807, 2.05) is 53.9 Å². The summed E-state index contributed by atoms with van der Waals surface area (Å²) in [6, 6.07) is 3.66. The molecular formula is C21H36N4O2. The van der Waals surface area contributed by atoms with Gasteiger partial charge in [-0.2, -0.15) is 0 Å². The summed E-state index contributed by atoms with van der Waals surface area (Å²) in [4.78, 5) is 12.3. The highest BCUT2D eigenvalue weighted by Crippen LogP contribution is 2.22. The fraction of sp³-hybridized carbons (Fsp3) is 0.524. The standard InChI is InChI=1S/C17H24N4O2.2C2H6/c1-12-16(22)14(5-7-18-12)9-20(3)11-21(4)10-15-6-8-19-13(2)17(15)23;2*1-2/h5-8,22-23H,9-11H2,1-4H3;2*1-2H3. The van der Waals surface area contributed by atoms with Crippen LogP contribution in [0.1, 0.15) is 50.2 Å². The van der Waals surface area contributed by atoms with Gasteiger partial charge in [0.05, 0.1) is 18.1 Å². The summed E-state index contributed by atoms with van der Waals surface area (Å²) >= 11 is 0. The van der Waals surface area contributed by atoms with Crippen LogP contribution in [0.2, 0.25) is 0 Å². The van der Waals surface area contributed by atoms with Gasteiger partial charge in [-0.1, -0.05) is 27.7 Å². The van der Waals surface area contributed by atoms with Crippen LogP contribution >= 0.6 is 0 Å². The molecule has 2 heterocycles. The highest BCUT2D eigenvalue weighted by atomic mass is 16.3. The second-order valence-electron chi connectivity index (χ2n) is 5.98. The number of aromatic nitrogens is 2. The SMILES string of the molecule is CC.CC.Cc1nccc(CN(C)CN(C)Cc2ccnc(C)c2O)c1O. The molecule has 0 aliphatic heterocycles. The third kappa shape index (κ3) is 7.93. The lowest BCUT2D eigenvalue weighted by Crippen LogP contribution is -2.32. The van der Waals surface area contributed by atoms with E-state index < -0.39 is 0 Å². The highest BCUT2D eigenvalue weighted by molar-refractivity contribution is 5.35. The van der Waals surface area contributed by atoms with Gasteiger partial charge in [0.2, 0.25) is 0 Å². The molecule has 0 spiro atoms. The van der Waals surface area contributed by atoms with Crippen LogP contribution in [-0.2, 0) is 13.1 Å². The highest BCUT2D eigenvalue weighted by Gasteiger charge is 2.12. The molecule has 0 saturated carbocycles. The maximum atomic E-state index is 10.0. The smallest absolute Gasteiger partial charge is 0.141 e. The molecule has 0 atom stereocenters. The Morgan fingerprint density at radius 1 is 0.741 bits per heavy atom. The third-order valence-electron chi connectivity index (χ3n) is 3.74. The van der Waals surface area contributed by atoms with E-state index in [2.05, 4.69) is 19.8 Å². The van der Waals surface area contributed by atoms with Gasteiger partial charge in [-0.15, -0.1) is 0 Å². The summed E-state index contributed by atoms with van der Waals surface area (Å²) in [7, 11) is 3.98. The Labute approximate surface area is 164 Å². The van der Waals surface area contributed by atoms with Gasteiger partial charge in [-0.3, -0.25) is 19.8 Å². The second-order valence-corrected chi connectivity index (χ2v) is 5.98. The van der Waals surface area contributed by atoms with Gasteiger partial charge in [-0.05, 0) is 40.1 Å². The van der Waals surface area contributed by atoms with Crippen LogP contribution in [0.3, 0.4) is 0 Å². The summed E-state index contributed by atoms with van der Waals surface area (Å²) in [5, 5.41) is 20.1. The zero-order valence-corrected chi connectivity index (χ0v) is 18.1. The van der Waals surface area contributed by atoms with Gasteiger partial charge in [0.25, 0.3) is 0 Å². The maximum Gasteiger partial charge on any atom is 0.141 e. The van der Waals surface area contributed by atoms with Crippen LogP contribution in [0.25, 0.3) is 0 Å². The molecule has 27 heavy (non-hydrogen) atoms. The first kappa shape index (κ1) is 24.8. The molecule has 0 amide bonds. The van der Waals surface area contributed by atoms with Crippen LogP contribution in [-0.4, -0.2) is 50.7 Å².